The second kappa shape index (κ2) is 3.17. The molecule has 2 nitrogen and oxygen atoms in total. The molecule has 1 fully saturated rings. The number of rotatable bonds is 0. The molecule has 0 radical (unpaired) electrons. The molecule has 2 unspecified atom stereocenters. The third-order valence-electron chi connectivity index (χ3n) is 1.95. The molecule has 0 heterocycles. The van der Waals surface area contributed by atoms with Gasteiger partial charge >= 0.3 is 0 Å². The summed E-state index contributed by atoms with van der Waals surface area (Å²) < 4.78 is 0. The Hall–Kier alpha value is -0.340. The van der Waals surface area contributed by atoms with Gasteiger partial charge in [0.15, 0.2) is 0 Å². The third kappa shape index (κ3) is 1.82. The first kappa shape index (κ1) is 7.76. The van der Waals surface area contributed by atoms with Crippen molar-refractivity contribution in [3.8, 4) is 0 Å². The van der Waals surface area contributed by atoms with Gasteiger partial charge in [-0.05, 0) is 26.2 Å². The van der Waals surface area contributed by atoms with Gasteiger partial charge in [0.1, 0.15) is 0 Å². The SMILES string of the molecule is CC=C1CC(O)CC(O)C1. The largest absolute Gasteiger partial charge is 0.393 e. The Morgan fingerprint density at radius 3 is 2.20 bits per heavy atom. The van der Waals surface area contributed by atoms with Gasteiger partial charge in [0.05, 0.1) is 12.2 Å². The number of aliphatic hydroxyl groups excluding tert-OH is 2. The Morgan fingerprint density at radius 1 is 1.30 bits per heavy atom. The van der Waals surface area contributed by atoms with Crippen molar-refractivity contribution in [2.75, 3.05) is 0 Å². The van der Waals surface area contributed by atoms with Crippen molar-refractivity contribution in [3.63, 3.8) is 0 Å². The standard InChI is InChI=1S/C8H14O2/c1-2-6-3-7(9)5-8(10)4-6/h2,7-10H,3-5H2,1H3. The molecule has 1 rings (SSSR count). The number of allylic oxidation sites excluding steroid dienone is 1. The number of hydrogen-bond acceptors (Lipinski definition) is 2. The van der Waals surface area contributed by atoms with E-state index in [0.717, 1.165) is 12.8 Å². The quantitative estimate of drug-likeness (QED) is 0.492. The fourth-order valence-corrected chi connectivity index (χ4v) is 1.41. The van der Waals surface area contributed by atoms with E-state index in [0.29, 0.717) is 6.42 Å². The summed E-state index contributed by atoms with van der Waals surface area (Å²) in [5, 5.41) is 18.4. The van der Waals surface area contributed by atoms with E-state index in [-0.39, 0.29) is 12.2 Å². The zero-order valence-electron chi connectivity index (χ0n) is 6.25. The van der Waals surface area contributed by atoms with Gasteiger partial charge in [-0.25, -0.2) is 0 Å². The highest BCUT2D eigenvalue weighted by Crippen LogP contribution is 2.23. The van der Waals surface area contributed by atoms with Crippen LogP contribution in [-0.4, -0.2) is 22.4 Å². The van der Waals surface area contributed by atoms with Crippen molar-refractivity contribution in [2.24, 2.45) is 0 Å². The number of aliphatic hydroxyl groups is 2. The molecule has 0 spiro atoms. The molecule has 0 aliphatic heterocycles. The lowest BCUT2D eigenvalue weighted by molar-refractivity contribution is 0.0609. The average molecular weight is 142 g/mol. The molecule has 0 aromatic carbocycles. The molecule has 2 atom stereocenters. The normalized spacial score (nSPS) is 34.1. The van der Waals surface area contributed by atoms with Crippen LogP contribution < -0.4 is 0 Å². The van der Waals surface area contributed by atoms with Gasteiger partial charge in [0.2, 0.25) is 0 Å². The van der Waals surface area contributed by atoms with Gasteiger partial charge in [0.25, 0.3) is 0 Å². The molecular weight excluding hydrogens is 128 g/mol. The van der Waals surface area contributed by atoms with Crippen LogP contribution >= 0.6 is 0 Å². The molecule has 0 aromatic heterocycles. The van der Waals surface area contributed by atoms with E-state index in [9.17, 15) is 10.2 Å². The molecule has 10 heavy (non-hydrogen) atoms. The summed E-state index contributed by atoms with van der Waals surface area (Å²) in [7, 11) is 0. The van der Waals surface area contributed by atoms with Crippen LogP contribution in [0, 0.1) is 0 Å². The second-order valence-electron chi connectivity index (χ2n) is 2.90. The van der Waals surface area contributed by atoms with E-state index in [1.54, 1.807) is 0 Å². The van der Waals surface area contributed by atoms with Crippen LogP contribution in [0.15, 0.2) is 11.6 Å². The van der Waals surface area contributed by atoms with Crippen molar-refractivity contribution < 1.29 is 10.2 Å². The molecule has 2 heteroatoms. The summed E-state index contributed by atoms with van der Waals surface area (Å²) in [6.45, 7) is 1.94. The molecular formula is C8H14O2. The molecule has 0 amide bonds. The Labute approximate surface area is 61.2 Å². The van der Waals surface area contributed by atoms with Crippen LogP contribution in [0.3, 0.4) is 0 Å². The molecule has 0 saturated heterocycles. The van der Waals surface area contributed by atoms with E-state index in [1.807, 2.05) is 13.0 Å². The molecule has 1 aliphatic rings. The first-order valence-electron chi connectivity index (χ1n) is 3.72. The molecule has 1 aliphatic carbocycles. The van der Waals surface area contributed by atoms with Crippen LogP contribution in [0.4, 0.5) is 0 Å². The zero-order chi connectivity index (χ0) is 7.56. The summed E-state index contributed by atoms with van der Waals surface area (Å²) in [6.07, 6.45) is 3.36. The van der Waals surface area contributed by atoms with Crippen LogP contribution in [0.5, 0.6) is 0 Å². The summed E-state index contributed by atoms with van der Waals surface area (Å²) in [4.78, 5) is 0. The highest BCUT2D eigenvalue weighted by atomic mass is 16.3. The minimum atomic E-state index is -0.324. The molecule has 1 saturated carbocycles. The van der Waals surface area contributed by atoms with E-state index in [2.05, 4.69) is 0 Å². The smallest absolute Gasteiger partial charge is 0.0602 e. The molecule has 58 valence electrons. The summed E-state index contributed by atoms with van der Waals surface area (Å²) in [5.74, 6) is 0. The predicted octanol–water partition coefficient (Wildman–Crippen LogP) is 0.838. The van der Waals surface area contributed by atoms with Crippen LogP contribution in [-0.2, 0) is 0 Å². The minimum Gasteiger partial charge on any atom is -0.393 e. The third-order valence-corrected chi connectivity index (χ3v) is 1.95. The topological polar surface area (TPSA) is 40.5 Å². The summed E-state index contributed by atoms with van der Waals surface area (Å²) in [5.41, 5.74) is 1.17. The fraction of sp³-hybridized carbons (Fsp3) is 0.750. The van der Waals surface area contributed by atoms with Crippen LogP contribution in [0.2, 0.25) is 0 Å². The first-order valence-corrected chi connectivity index (χ1v) is 3.72. The highest BCUT2D eigenvalue weighted by molar-refractivity contribution is 5.06. The summed E-state index contributed by atoms with van der Waals surface area (Å²) >= 11 is 0. The number of hydrogen-bond donors (Lipinski definition) is 2. The molecule has 0 aromatic rings. The van der Waals surface area contributed by atoms with Crippen molar-refractivity contribution in [1.82, 2.24) is 0 Å². The highest BCUT2D eigenvalue weighted by Gasteiger charge is 2.20. The molecule has 0 bridgehead atoms. The monoisotopic (exact) mass is 142 g/mol. The van der Waals surface area contributed by atoms with Crippen molar-refractivity contribution in [3.05, 3.63) is 11.6 Å². The van der Waals surface area contributed by atoms with E-state index >= 15 is 0 Å². The van der Waals surface area contributed by atoms with Gasteiger partial charge in [-0.2, -0.15) is 0 Å². The van der Waals surface area contributed by atoms with Crippen LogP contribution in [0.1, 0.15) is 26.2 Å². The van der Waals surface area contributed by atoms with E-state index in [1.165, 1.54) is 5.57 Å². The summed E-state index contributed by atoms with van der Waals surface area (Å²) in [6, 6.07) is 0. The Morgan fingerprint density at radius 2 is 1.80 bits per heavy atom. The second-order valence-corrected chi connectivity index (χ2v) is 2.90. The van der Waals surface area contributed by atoms with E-state index < -0.39 is 0 Å². The van der Waals surface area contributed by atoms with Gasteiger partial charge in [-0.3, -0.25) is 0 Å². The first-order chi connectivity index (χ1) is 4.72. The van der Waals surface area contributed by atoms with Gasteiger partial charge < -0.3 is 10.2 Å². The van der Waals surface area contributed by atoms with Gasteiger partial charge in [0, 0.05) is 0 Å². The van der Waals surface area contributed by atoms with E-state index in [4.69, 9.17) is 0 Å². The maximum Gasteiger partial charge on any atom is 0.0602 e. The Bertz CT molecular complexity index is 128. The lowest BCUT2D eigenvalue weighted by Crippen LogP contribution is -2.24. The van der Waals surface area contributed by atoms with Gasteiger partial charge in [-0.1, -0.05) is 11.6 Å². The lowest BCUT2D eigenvalue weighted by Gasteiger charge is -2.24. The maximum absolute atomic E-state index is 9.18. The Kier molecular flexibility index (Phi) is 2.46. The maximum atomic E-state index is 9.18. The zero-order valence-corrected chi connectivity index (χ0v) is 6.25. The van der Waals surface area contributed by atoms with Crippen molar-refractivity contribution in [2.45, 2.75) is 38.4 Å². The minimum absolute atomic E-state index is 0.324. The van der Waals surface area contributed by atoms with Gasteiger partial charge in [-0.15, -0.1) is 0 Å². The fourth-order valence-electron chi connectivity index (χ4n) is 1.41. The van der Waals surface area contributed by atoms with Crippen molar-refractivity contribution in [1.29, 1.82) is 0 Å². The van der Waals surface area contributed by atoms with Crippen LogP contribution in [0.25, 0.3) is 0 Å². The Balaban J connectivity index is 2.51. The average Bonchev–Trinajstić information content (AvgIpc) is 1.85. The predicted molar refractivity (Wildman–Crippen MR) is 39.6 cm³/mol. The van der Waals surface area contributed by atoms with Crippen molar-refractivity contribution >= 4 is 0 Å². The lowest BCUT2D eigenvalue weighted by atomic mass is 9.90. The molecule has 2 N–H and O–H groups in total.